The molecule has 0 saturated heterocycles. The van der Waals surface area contributed by atoms with Crippen LogP contribution in [0.5, 0.6) is 0 Å². The Morgan fingerprint density at radius 3 is 2.48 bits per heavy atom. The number of carbonyl (C=O) groups excluding carboxylic acids is 1. The number of benzene rings is 2. The van der Waals surface area contributed by atoms with E-state index < -0.39 is 0 Å². The summed E-state index contributed by atoms with van der Waals surface area (Å²) in [5, 5.41) is 12.2. The maximum atomic E-state index is 12.2. The molecular weight excluding hydrogens is 382 g/mol. The maximum absolute atomic E-state index is 12.2. The Morgan fingerprint density at radius 2 is 1.83 bits per heavy atom. The molecule has 7 heteroatoms. The molecule has 3 rings (SSSR count). The molecule has 0 aliphatic carbocycles. The topological polar surface area (TPSA) is 63.1 Å². The molecule has 0 saturated carbocycles. The minimum absolute atomic E-state index is 0.0614. The standard InChI is InChI=1S/C22H27N5OS/c1-5-27(6-2)19-12-10-17(11-13-19)21-24-25-22(26(21)4)29-15-20(28)23-18-9-7-8-16(3)14-18/h7-14H,5-6,15H2,1-4H3,(H,23,28). The Kier molecular flexibility index (Phi) is 6.93. The van der Waals surface area contributed by atoms with Crippen LogP contribution >= 0.6 is 11.8 Å². The fraction of sp³-hybridized carbons (Fsp3) is 0.318. The van der Waals surface area contributed by atoms with Gasteiger partial charge < -0.3 is 14.8 Å². The molecule has 29 heavy (non-hydrogen) atoms. The second-order valence-corrected chi connectivity index (χ2v) is 7.73. The zero-order chi connectivity index (χ0) is 20.8. The number of nitrogens with one attached hydrogen (secondary N) is 1. The van der Waals surface area contributed by atoms with Crippen LogP contribution in [0.2, 0.25) is 0 Å². The first-order chi connectivity index (χ1) is 14.0. The maximum Gasteiger partial charge on any atom is 0.234 e. The number of aromatic nitrogens is 3. The summed E-state index contributed by atoms with van der Waals surface area (Å²) in [7, 11) is 1.93. The molecule has 1 N–H and O–H groups in total. The Balaban J connectivity index is 1.64. The Bertz CT molecular complexity index is 964. The zero-order valence-corrected chi connectivity index (χ0v) is 18.2. The number of rotatable bonds is 8. The Morgan fingerprint density at radius 1 is 1.10 bits per heavy atom. The first kappa shape index (κ1) is 20.9. The summed E-state index contributed by atoms with van der Waals surface area (Å²) in [6.07, 6.45) is 0. The highest BCUT2D eigenvalue weighted by Crippen LogP contribution is 2.25. The van der Waals surface area contributed by atoms with Crippen LogP contribution < -0.4 is 10.2 Å². The van der Waals surface area contributed by atoms with Gasteiger partial charge in [0.25, 0.3) is 0 Å². The molecule has 0 aliphatic rings. The summed E-state index contributed by atoms with van der Waals surface area (Å²) < 4.78 is 1.93. The molecule has 2 aromatic carbocycles. The smallest absolute Gasteiger partial charge is 0.234 e. The van der Waals surface area contributed by atoms with Crippen molar-refractivity contribution in [1.82, 2.24) is 14.8 Å². The van der Waals surface area contributed by atoms with E-state index in [0.717, 1.165) is 35.7 Å². The monoisotopic (exact) mass is 409 g/mol. The molecule has 1 amide bonds. The van der Waals surface area contributed by atoms with Gasteiger partial charge in [0.15, 0.2) is 11.0 Å². The van der Waals surface area contributed by atoms with Gasteiger partial charge >= 0.3 is 0 Å². The second kappa shape index (κ2) is 9.60. The first-order valence-corrected chi connectivity index (χ1v) is 10.7. The second-order valence-electron chi connectivity index (χ2n) is 6.79. The SMILES string of the molecule is CCN(CC)c1ccc(-c2nnc(SCC(=O)Nc3cccc(C)c3)n2C)cc1. The lowest BCUT2D eigenvalue weighted by molar-refractivity contribution is -0.113. The minimum Gasteiger partial charge on any atom is -0.372 e. The van der Waals surface area contributed by atoms with E-state index in [2.05, 4.69) is 58.5 Å². The summed E-state index contributed by atoms with van der Waals surface area (Å²) in [5.41, 5.74) is 4.12. The number of anilines is 2. The summed E-state index contributed by atoms with van der Waals surface area (Å²) >= 11 is 1.38. The minimum atomic E-state index is -0.0614. The van der Waals surface area contributed by atoms with Crippen molar-refractivity contribution in [3.05, 3.63) is 54.1 Å². The van der Waals surface area contributed by atoms with Gasteiger partial charge in [-0.05, 0) is 62.7 Å². The molecule has 0 bridgehead atoms. The predicted octanol–water partition coefficient (Wildman–Crippen LogP) is 4.37. The number of carbonyl (C=O) groups is 1. The average Bonchev–Trinajstić information content (AvgIpc) is 3.08. The molecule has 0 unspecified atom stereocenters. The van der Waals surface area contributed by atoms with E-state index in [1.54, 1.807) is 0 Å². The first-order valence-electron chi connectivity index (χ1n) is 9.76. The fourth-order valence-corrected chi connectivity index (χ4v) is 3.86. The highest BCUT2D eigenvalue weighted by atomic mass is 32.2. The lowest BCUT2D eigenvalue weighted by atomic mass is 10.2. The molecule has 0 aliphatic heterocycles. The van der Waals surface area contributed by atoms with Crippen molar-refractivity contribution in [2.45, 2.75) is 25.9 Å². The van der Waals surface area contributed by atoms with Crippen molar-refractivity contribution in [2.24, 2.45) is 7.05 Å². The van der Waals surface area contributed by atoms with Crippen LogP contribution in [-0.2, 0) is 11.8 Å². The normalized spacial score (nSPS) is 10.8. The predicted molar refractivity (Wildman–Crippen MR) is 121 cm³/mol. The van der Waals surface area contributed by atoms with E-state index in [0.29, 0.717) is 5.16 Å². The van der Waals surface area contributed by atoms with Crippen molar-refractivity contribution in [3.63, 3.8) is 0 Å². The van der Waals surface area contributed by atoms with Crippen molar-refractivity contribution in [3.8, 4) is 11.4 Å². The number of aryl methyl sites for hydroxylation is 1. The number of hydrogen-bond acceptors (Lipinski definition) is 5. The third-order valence-corrected chi connectivity index (χ3v) is 5.74. The number of nitrogens with zero attached hydrogens (tertiary/aromatic N) is 4. The van der Waals surface area contributed by atoms with E-state index in [9.17, 15) is 4.79 Å². The molecular formula is C22H27N5OS. The van der Waals surface area contributed by atoms with Gasteiger partial charge in [0.2, 0.25) is 5.91 Å². The van der Waals surface area contributed by atoms with Crippen LogP contribution in [-0.4, -0.2) is 39.5 Å². The van der Waals surface area contributed by atoms with Crippen LogP contribution in [0.25, 0.3) is 11.4 Å². The van der Waals surface area contributed by atoms with E-state index in [1.807, 2.05) is 42.8 Å². The zero-order valence-electron chi connectivity index (χ0n) is 17.3. The molecule has 152 valence electrons. The molecule has 0 atom stereocenters. The van der Waals surface area contributed by atoms with Gasteiger partial charge in [-0.1, -0.05) is 23.9 Å². The van der Waals surface area contributed by atoms with Crippen molar-refractivity contribution in [2.75, 3.05) is 29.1 Å². The van der Waals surface area contributed by atoms with Crippen LogP contribution in [0, 0.1) is 6.92 Å². The molecule has 3 aromatic rings. The summed E-state index contributed by atoms with van der Waals surface area (Å²) in [6, 6.07) is 16.1. The van der Waals surface area contributed by atoms with Crippen LogP contribution in [0.1, 0.15) is 19.4 Å². The lowest BCUT2D eigenvalue weighted by Gasteiger charge is -2.21. The summed E-state index contributed by atoms with van der Waals surface area (Å²) in [5.74, 6) is 1.01. The van der Waals surface area contributed by atoms with Gasteiger partial charge in [0, 0.05) is 37.1 Å². The molecule has 0 fully saturated rings. The number of amides is 1. The van der Waals surface area contributed by atoms with Gasteiger partial charge in [0.05, 0.1) is 5.75 Å². The van der Waals surface area contributed by atoms with E-state index in [-0.39, 0.29) is 11.7 Å². The largest absolute Gasteiger partial charge is 0.372 e. The number of thioether (sulfide) groups is 1. The third-order valence-electron chi connectivity index (χ3n) is 4.72. The highest BCUT2D eigenvalue weighted by molar-refractivity contribution is 7.99. The van der Waals surface area contributed by atoms with E-state index >= 15 is 0 Å². The van der Waals surface area contributed by atoms with Crippen molar-refractivity contribution < 1.29 is 4.79 Å². The van der Waals surface area contributed by atoms with E-state index in [1.165, 1.54) is 17.4 Å². The lowest BCUT2D eigenvalue weighted by Crippen LogP contribution is -2.21. The van der Waals surface area contributed by atoms with Gasteiger partial charge in [-0.3, -0.25) is 4.79 Å². The van der Waals surface area contributed by atoms with Crippen molar-refractivity contribution in [1.29, 1.82) is 0 Å². The quantitative estimate of drug-likeness (QED) is 0.560. The summed E-state index contributed by atoms with van der Waals surface area (Å²) in [4.78, 5) is 14.5. The Hall–Kier alpha value is -2.80. The third kappa shape index (κ3) is 5.17. The van der Waals surface area contributed by atoms with Crippen molar-refractivity contribution >= 4 is 29.0 Å². The average molecular weight is 410 g/mol. The van der Waals surface area contributed by atoms with Gasteiger partial charge in [0.1, 0.15) is 0 Å². The van der Waals surface area contributed by atoms with Gasteiger partial charge in [-0.25, -0.2) is 0 Å². The Labute approximate surface area is 176 Å². The summed E-state index contributed by atoms with van der Waals surface area (Å²) in [6.45, 7) is 8.26. The fourth-order valence-electron chi connectivity index (χ4n) is 3.15. The van der Waals surface area contributed by atoms with Crippen LogP contribution in [0.4, 0.5) is 11.4 Å². The molecule has 6 nitrogen and oxygen atoms in total. The van der Waals surface area contributed by atoms with Gasteiger partial charge in [-0.2, -0.15) is 0 Å². The molecule has 1 aromatic heterocycles. The number of hydrogen-bond donors (Lipinski definition) is 1. The molecule has 0 spiro atoms. The highest BCUT2D eigenvalue weighted by Gasteiger charge is 2.13. The molecule has 0 radical (unpaired) electrons. The van der Waals surface area contributed by atoms with Crippen LogP contribution in [0.3, 0.4) is 0 Å². The van der Waals surface area contributed by atoms with Gasteiger partial charge in [-0.15, -0.1) is 10.2 Å². The van der Waals surface area contributed by atoms with Crippen LogP contribution in [0.15, 0.2) is 53.7 Å². The molecule has 1 heterocycles. The van der Waals surface area contributed by atoms with E-state index in [4.69, 9.17) is 0 Å².